The van der Waals surface area contributed by atoms with Gasteiger partial charge in [-0.3, -0.25) is 0 Å². The summed E-state index contributed by atoms with van der Waals surface area (Å²) in [4.78, 5) is 0. The second kappa shape index (κ2) is 7.15. The van der Waals surface area contributed by atoms with E-state index in [0.717, 1.165) is 5.56 Å². The first kappa shape index (κ1) is 15.2. The highest BCUT2D eigenvalue weighted by atomic mass is 35.5. The third-order valence-electron chi connectivity index (χ3n) is 1.76. The van der Waals surface area contributed by atoms with Crippen molar-refractivity contribution in [2.24, 2.45) is 11.5 Å². The highest BCUT2D eigenvalue weighted by Crippen LogP contribution is 2.09. The minimum Gasteiger partial charge on any atom is -0.329 e. The minimum absolute atomic E-state index is 0. The van der Waals surface area contributed by atoms with Gasteiger partial charge in [-0.15, -0.1) is 24.8 Å². The van der Waals surface area contributed by atoms with Crippen LogP contribution in [0.25, 0.3) is 0 Å². The van der Waals surface area contributed by atoms with E-state index in [9.17, 15) is 0 Å². The van der Waals surface area contributed by atoms with E-state index in [-0.39, 0.29) is 30.9 Å². The maximum atomic E-state index is 5.72. The first-order chi connectivity index (χ1) is 5.24. The van der Waals surface area contributed by atoms with Gasteiger partial charge < -0.3 is 11.5 Å². The van der Waals surface area contributed by atoms with E-state index in [1.807, 2.05) is 24.3 Å². The summed E-state index contributed by atoms with van der Waals surface area (Å²) in [6.45, 7) is 2.56. The number of hydrogen-bond donors (Lipinski definition) is 2. The van der Waals surface area contributed by atoms with Gasteiger partial charge >= 0.3 is 0 Å². The lowest BCUT2D eigenvalue weighted by atomic mass is 10.1. The summed E-state index contributed by atoms with van der Waals surface area (Å²) in [6, 6.07) is 8.12. The predicted octanol–water partition coefficient (Wildman–Crippen LogP) is 1.80. The van der Waals surface area contributed by atoms with Crippen molar-refractivity contribution in [3.05, 3.63) is 35.4 Å². The van der Waals surface area contributed by atoms with Crippen LogP contribution in [0.15, 0.2) is 24.3 Å². The molecule has 0 saturated carbocycles. The van der Waals surface area contributed by atoms with Crippen molar-refractivity contribution in [2.75, 3.05) is 6.54 Å². The van der Waals surface area contributed by atoms with E-state index < -0.39 is 0 Å². The topological polar surface area (TPSA) is 52.0 Å². The average Bonchev–Trinajstić information content (AvgIpc) is 2.05. The molecule has 0 aromatic heterocycles. The number of hydrogen-bond acceptors (Lipinski definition) is 2. The van der Waals surface area contributed by atoms with Crippen molar-refractivity contribution in [3.8, 4) is 0 Å². The molecule has 4 heteroatoms. The zero-order chi connectivity index (χ0) is 8.27. The highest BCUT2D eigenvalue weighted by Gasteiger charge is 2.00. The number of rotatable bonds is 2. The second-order valence-electron chi connectivity index (χ2n) is 2.75. The summed E-state index contributed by atoms with van der Waals surface area (Å²) in [6.07, 6.45) is 0. The number of nitrogens with two attached hydrogens (primary N) is 2. The Morgan fingerprint density at radius 3 is 2.00 bits per heavy atom. The molecule has 4 N–H and O–H groups in total. The summed E-state index contributed by atoms with van der Waals surface area (Å²) >= 11 is 0. The largest absolute Gasteiger partial charge is 0.329 e. The highest BCUT2D eigenvalue weighted by molar-refractivity contribution is 5.85. The molecule has 76 valence electrons. The van der Waals surface area contributed by atoms with Gasteiger partial charge in [-0.2, -0.15) is 0 Å². The van der Waals surface area contributed by atoms with Crippen LogP contribution in [-0.4, -0.2) is 6.54 Å². The molecule has 1 aromatic rings. The van der Waals surface area contributed by atoms with Gasteiger partial charge in [-0.25, -0.2) is 0 Å². The summed E-state index contributed by atoms with van der Waals surface area (Å²) in [5.41, 5.74) is 13.5. The van der Waals surface area contributed by atoms with Crippen molar-refractivity contribution < 1.29 is 0 Å². The molecule has 0 aliphatic carbocycles. The van der Waals surface area contributed by atoms with Crippen LogP contribution < -0.4 is 11.5 Å². The van der Waals surface area contributed by atoms with Crippen molar-refractivity contribution >= 4 is 24.8 Å². The molecule has 0 spiro atoms. The van der Waals surface area contributed by atoms with Crippen LogP contribution in [0.2, 0.25) is 0 Å². The van der Waals surface area contributed by atoms with Crippen LogP contribution in [-0.2, 0) is 0 Å². The summed E-state index contributed by atoms with van der Waals surface area (Å²) in [5, 5.41) is 0. The lowest BCUT2D eigenvalue weighted by Crippen LogP contribution is -2.20. The Kier molecular flexibility index (Phi) is 8.37. The van der Waals surface area contributed by atoms with Crippen LogP contribution in [0.3, 0.4) is 0 Å². The standard InChI is InChI=1S/C9H14N2.2ClH/c1-7-2-4-8(5-3-7)9(11)6-10;;/h2-5,9H,6,10-11H2,1H3;2*1H/t9-;;/m1../s1. The lowest BCUT2D eigenvalue weighted by molar-refractivity contribution is 0.737. The molecule has 0 aliphatic rings. The molecule has 0 fully saturated rings. The van der Waals surface area contributed by atoms with Crippen LogP contribution in [0.5, 0.6) is 0 Å². The fraction of sp³-hybridized carbons (Fsp3) is 0.333. The van der Waals surface area contributed by atoms with E-state index in [1.54, 1.807) is 0 Å². The van der Waals surface area contributed by atoms with Gasteiger partial charge in [0.05, 0.1) is 0 Å². The van der Waals surface area contributed by atoms with Crippen LogP contribution in [0.4, 0.5) is 0 Å². The zero-order valence-corrected chi connectivity index (χ0v) is 9.20. The van der Waals surface area contributed by atoms with Gasteiger partial charge in [0, 0.05) is 12.6 Å². The van der Waals surface area contributed by atoms with Gasteiger partial charge in [0.2, 0.25) is 0 Å². The third kappa shape index (κ3) is 4.48. The van der Waals surface area contributed by atoms with Crippen molar-refractivity contribution in [2.45, 2.75) is 13.0 Å². The molecule has 1 rings (SSSR count). The number of halogens is 2. The van der Waals surface area contributed by atoms with Gasteiger partial charge in [-0.05, 0) is 12.5 Å². The molecule has 0 radical (unpaired) electrons. The maximum Gasteiger partial charge on any atom is 0.0419 e. The molecule has 0 amide bonds. The normalized spacial score (nSPS) is 11.0. The Hall–Kier alpha value is -0.280. The van der Waals surface area contributed by atoms with E-state index in [4.69, 9.17) is 11.5 Å². The van der Waals surface area contributed by atoms with Gasteiger partial charge in [-0.1, -0.05) is 29.8 Å². The molecule has 0 aliphatic heterocycles. The van der Waals surface area contributed by atoms with Crippen molar-refractivity contribution in [1.29, 1.82) is 0 Å². The molecule has 0 bridgehead atoms. The average molecular weight is 223 g/mol. The van der Waals surface area contributed by atoms with E-state index in [2.05, 4.69) is 6.92 Å². The van der Waals surface area contributed by atoms with Crippen molar-refractivity contribution in [3.63, 3.8) is 0 Å². The molecule has 0 heterocycles. The second-order valence-corrected chi connectivity index (χ2v) is 2.75. The molecular weight excluding hydrogens is 207 g/mol. The SMILES string of the molecule is Cc1ccc([C@H](N)CN)cc1.Cl.Cl. The third-order valence-corrected chi connectivity index (χ3v) is 1.76. The summed E-state index contributed by atoms with van der Waals surface area (Å²) < 4.78 is 0. The molecule has 2 nitrogen and oxygen atoms in total. The molecule has 0 saturated heterocycles. The first-order valence-corrected chi connectivity index (χ1v) is 3.76. The molecule has 13 heavy (non-hydrogen) atoms. The molecule has 1 aromatic carbocycles. The van der Waals surface area contributed by atoms with Gasteiger partial charge in [0.25, 0.3) is 0 Å². The van der Waals surface area contributed by atoms with Crippen molar-refractivity contribution in [1.82, 2.24) is 0 Å². The predicted molar refractivity (Wildman–Crippen MR) is 61.7 cm³/mol. The fourth-order valence-corrected chi connectivity index (χ4v) is 0.950. The first-order valence-electron chi connectivity index (χ1n) is 3.76. The van der Waals surface area contributed by atoms with E-state index in [0.29, 0.717) is 6.54 Å². The molecule has 1 atom stereocenters. The molecular formula is C9H16Cl2N2. The van der Waals surface area contributed by atoms with E-state index in [1.165, 1.54) is 5.56 Å². The Labute approximate surface area is 91.5 Å². The maximum absolute atomic E-state index is 5.72. The van der Waals surface area contributed by atoms with Gasteiger partial charge in [0.15, 0.2) is 0 Å². The summed E-state index contributed by atoms with van der Waals surface area (Å²) in [5.74, 6) is 0. The van der Waals surface area contributed by atoms with Gasteiger partial charge in [0.1, 0.15) is 0 Å². The fourth-order valence-electron chi connectivity index (χ4n) is 0.950. The van der Waals surface area contributed by atoms with Crippen LogP contribution in [0.1, 0.15) is 17.2 Å². The van der Waals surface area contributed by atoms with Crippen LogP contribution >= 0.6 is 24.8 Å². The Morgan fingerprint density at radius 1 is 1.15 bits per heavy atom. The Balaban J connectivity index is 0. The zero-order valence-electron chi connectivity index (χ0n) is 7.57. The van der Waals surface area contributed by atoms with Crippen LogP contribution in [0, 0.1) is 6.92 Å². The smallest absolute Gasteiger partial charge is 0.0419 e. The quantitative estimate of drug-likeness (QED) is 0.803. The monoisotopic (exact) mass is 222 g/mol. The lowest BCUT2D eigenvalue weighted by Gasteiger charge is -2.08. The minimum atomic E-state index is -0.0180. The Bertz CT molecular complexity index is 224. The van der Waals surface area contributed by atoms with E-state index >= 15 is 0 Å². The number of aryl methyl sites for hydroxylation is 1. The molecule has 0 unspecified atom stereocenters. The number of benzene rings is 1. The summed E-state index contributed by atoms with van der Waals surface area (Å²) in [7, 11) is 0. The Morgan fingerprint density at radius 2 is 1.62 bits per heavy atom.